The van der Waals surface area contributed by atoms with E-state index in [1.54, 1.807) is 38.4 Å². The molecule has 1 aliphatic heterocycles. The first kappa shape index (κ1) is 19.3. The summed E-state index contributed by atoms with van der Waals surface area (Å²) in [5.74, 6) is -0.285. The van der Waals surface area contributed by atoms with Crippen molar-refractivity contribution >= 4 is 23.2 Å². The second kappa shape index (κ2) is 7.67. The zero-order chi connectivity index (χ0) is 20.4. The van der Waals surface area contributed by atoms with Crippen molar-refractivity contribution in [3.8, 4) is 0 Å². The van der Waals surface area contributed by atoms with Crippen molar-refractivity contribution in [2.75, 3.05) is 19.8 Å². The molecule has 0 bridgehead atoms. The van der Waals surface area contributed by atoms with Crippen molar-refractivity contribution in [2.45, 2.75) is 24.9 Å². The predicted molar refractivity (Wildman–Crippen MR) is 104 cm³/mol. The van der Waals surface area contributed by atoms with Crippen molar-refractivity contribution in [2.24, 2.45) is 0 Å². The van der Waals surface area contributed by atoms with Gasteiger partial charge >= 0.3 is 0 Å². The molecule has 2 aromatic carbocycles. The molecule has 28 heavy (non-hydrogen) atoms. The first-order valence-electron chi connectivity index (χ1n) is 8.89. The van der Waals surface area contributed by atoms with Gasteiger partial charge in [0.25, 0.3) is 5.69 Å². The highest BCUT2D eigenvalue weighted by atomic mass is 16.6. The first-order valence-corrected chi connectivity index (χ1v) is 8.89. The third kappa shape index (κ3) is 3.80. The van der Waals surface area contributed by atoms with Gasteiger partial charge in [-0.05, 0) is 23.3 Å². The van der Waals surface area contributed by atoms with Crippen LogP contribution in [0.1, 0.15) is 11.1 Å². The predicted octanol–water partition coefficient (Wildman–Crippen LogP) is 1.63. The third-order valence-electron chi connectivity index (χ3n) is 5.19. The maximum Gasteiger partial charge on any atom is 0.269 e. The van der Waals surface area contributed by atoms with Gasteiger partial charge in [0, 0.05) is 44.8 Å². The molecule has 1 aliphatic rings. The molecular weight excluding hydrogens is 360 g/mol. The highest BCUT2D eigenvalue weighted by molar-refractivity contribution is 5.97. The number of hydrogen-bond acceptors (Lipinski definition) is 5. The number of anilines is 1. The van der Waals surface area contributed by atoms with E-state index in [4.69, 9.17) is 5.73 Å². The first-order chi connectivity index (χ1) is 13.3. The van der Waals surface area contributed by atoms with Gasteiger partial charge in [0.05, 0.1) is 4.92 Å². The Morgan fingerprint density at radius 2 is 1.25 bits per heavy atom. The summed E-state index contributed by atoms with van der Waals surface area (Å²) in [6, 6.07) is 12.1. The van der Waals surface area contributed by atoms with Crippen LogP contribution in [0, 0.1) is 10.1 Å². The summed E-state index contributed by atoms with van der Waals surface area (Å²) >= 11 is 0. The fourth-order valence-electron chi connectivity index (χ4n) is 3.41. The van der Waals surface area contributed by atoms with Gasteiger partial charge in [0.15, 0.2) is 0 Å². The standard InChI is InChI=1S/C20H22N4O4/c1-22-17(11-13-3-7-15(21)8-4-13)19(25)23(2)18(20(22)26)12-14-5-9-16(10-6-14)24(27)28/h3-10,17-18H,11-12,21H2,1-2H3/t17-,18-/m0/s1. The van der Waals surface area contributed by atoms with Crippen LogP contribution in [0.3, 0.4) is 0 Å². The summed E-state index contributed by atoms with van der Waals surface area (Å²) in [6.45, 7) is 0. The number of nitro benzene ring substituents is 1. The van der Waals surface area contributed by atoms with Gasteiger partial charge < -0.3 is 15.5 Å². The molecule has 2 atom stereocenters. The number of non-ortho nitro benzene ring substituents is 1. The van der Waals surface area contributed by atoms with Gasteiger partial charge in [-0.25, -0.2) is 0 Å². The molecule has 0 spiro atoms. The van der Waals surface area contributed by atoms with E-state index in [0.29, 0.717) is 18.5 Å². The average Bonchev–Trinajstić information content (AvgIpc) is 2.69. The number of amides is 2. The Morgan fingerprint density at radius 1 is 0.857 bits per heavy atom. The van der Waals surface area contributed by atoms with E-state index in [-0.39, 0.29) is 17.5 Å². The molecule has 146 valence electrons. The van der Waals surface area contributed by atoms with Crippen LogP contribution >= 0.6 is 0 Å². The maximum atomic E-state index is 12.9. The lowest BCUT2D eigenvalue weighted by Gasteiger charge is -2.42. The van der Waals surface area contributed by atoms with E-state index >= 15 is 0 Å². The number of nitrogens with two attached hydrogens (primary N) is 1. The van der Waals surface area contributed by atoms with E-state index in [9.17, 15) is 19.7 Å². The average molecular weight is 382 g/mol. The molecule has 2 N–H and O–H groups in total. The Hall–Kier alpha value is -3.42. The Morgan fingerprint density at radius 3 is 1.64 bits per heavy atom. The van der Waals surface area contributed by atoms with Crippen molar-refractivity contribution < 1.29 is 14.5 Å². The number of hydrogen-bond donors (Lipinski definition) is 1. The molecule has 0 aliphatic carbocycles. The Bertz CT molecular complexity index is 895. The minimum absolute atomic E-state index is 0.0103. The molecule has 2 aromatic rings. The Labute approximate surface area is 162 Å². The van der Waals surface area contributed by atoms with Gasteiger partial charge in [0.2, 0.25) is 11.8 Å². The number of rotatable bonds is 5. The smallest absolute Gasteiger partial charge is 0.269 e. The minimum Gasteiger partial charge on any atom is -0.399 e. The lowest BCUT2D eigenvalue weighted by atomic mass is 9.95. The molecule has 2 amide bonds. The Kier molecular flexibility index (Phi) is 5.30. The Balaban J connectivity index is 1.75. The highest BCUT2D eigenvalue weighted by Crippen LogP contribution is 2.23. The molecule has 3 rings (SSSR count). The van der Waals surface area contributed by atoms with Crippen molar-refractivity contribution in [3.63, 3.8) is 0 Å². The van der Waals surface area contributed by atoms with Gasteiger partial charge in [-0.3, -0.25) is 19.7 Å². The van der Waals surface area contributed by atoms with Crippen LogP contribution in [-0.4, -0.2) is 52.7 Å². The maximum absolute atomic E-state index is 12.9. The molecular formula is C20H22N4O4. The van der Waals surface area contributed by atoms with Crippen molar-refractivity contribution in [3.05, 3.63) is 69.8 Å². The fraction of sp³-hybridized carbons (Fsp3) is 0.300. The van der Waals surface area contributed by atoms with E-state index in [0.717, 1.165) is 11.1 Å². The van der Waals surface area contributed by atoms with Crippen molar-refractivity contribution in [1.82, 2.24) is 9.80 Å². The van der Waals surface area contributed by atoms with Crippen molar-refractivity contribution in [1.29, 1.82) is 0 Å². The molecule has 0 radical (unpaired) electrons. The molecule has 0 unspecified atom stereocenters. The number of likely N-dealkylation sites (N-methyl/N-ethyl adjacent to an activating group) is 2. The summed E-state index contributed by atoms with van der Waals surface area (Å²) in [5, 5.41) is 10.8. The number of nitro groups is 1. The number of piperazine rings is 1. The molecule has 8 nitrogen and oxygen atoms in total. The van der Waals surface area contributed by atoms with Crippen LogP contribution in [0.15, 0.2) is 48.5 Å². The molecule has 1 saturated heterocycles. The second-order valence-corrected chi connectivity index (χ2v) is 7.00. The van der Waals surface area contributed by atoms with E-state index in [1.807, 2.05) is 12.1 Å². The molecule has 8 heteroatoms. The number of benzene rings is 2. The van der Waals surface area contributed by atoms with Crippen LogP contribution in [0.25, 0.3) is 0 Å². The topological polar surface area (TPSA) is 110 Å². The second-order valence-electron chi connectivity index (χ2n) is 7.00. The molecule has 0 saturated carbocycles. The fourth-order valence-corrected chi connectivity index (χ4v) is 3.41. The van der Waals surface area contributed by atoms with Crippen LogP contribution in [0.5, 0.6) is 0 Å². The third-order valence-corrected chi connectivity index (χ3v) is 5.19. The molecule has 0 aromatic heterocycles. The number of carbonyl (C=O) groups is 2. The summed E-state index contributed by atoms with van der Waals surface area (Å²) in [5.41, 5.74) is 8.01. The normalized spacial score (nSPS) is 19.8. The zero-order valence-corrected chi connectivity index (χ0v) is 15.7. The highest BCUT2D eigenvalue weighted by Gasteiger charge is 2.42. The largest absolute Gasteiger partial charge is 0.399 e. The molecule has 1 heterocycles. The van der Waals surface area contributed by atoms with Crippen LogP contribution < -0.4 is 5.73 Å². The van der Waals surface area contributed by atoms with Gasteiger partial charge in [-0.1, -0.05) is 24.3 Å². The summed E-state index contributed by atoms with van der Waals surface area (Å²) in [4.78, 5) is 39.1. The minimum atomic E-state index is -0.637. The number of carbonyl (C=O) groups excluding carboxylic acids is 2. The van der Waals surface area contributed by atoms with E-state index < -0.39 is 17.0 Å². The van der Waals surface area contributed by atoms with E-state index in [2.05, 4.69) is 0 Å². The van der Waals surface area contributed by atoms with Gasteiger partial charge in [-0.15, -0.1) is 0 Å². The number of nitrogen functional groups attached to an aromatic ring is 1. The quantitative estimate of drug-likeness (QED) is 0.480. The van der Waals surface area contributed by atoms with Crippen LogP contribution in [0.4, 0.5) is 11.4 Å². The summed E-state index contributed by atoms with van der Waals surface area (Å²) in [7, 11) is 3.26. The lowest BCUT2D eigenvalue weighted by Crippen LogP contribution is -2.63. The van der Waals surface area contributed by atoms with Crippen LogP contribution in [0.2, 0.25) is 0 Å². The van der Waals surface area contributed by atoms with Crippen LogP contribution in [-0.2, 0) is 22.4 Å². The lowest BCUT2D eigenvalue weighted by molar-refractivity contribution is -0.384. The SMILES string of the molecule is CN1C(=O)[C@H](Cc2ccc([N+](=O)[O-])cc2)N(C)C(=O)[C@@H]1Cc1ccc(N)cc1. The van der Waals surface area contributed by atoms with Gasteiger partial charge in [0.1, 0.15) is 12.1 Å². The molecule has 1 fully saturated rings. The summed E-state index contributed by atoms with van der Waals surface area (Å²) in [6.07, 6.45) is 0.716. The monoisotopic (exact) mass is 382 g/mol. The summed E-state index contributed by atoms with van der Waals surface area (Å²) < 4.78 is 0. The van der Waals surface area contributed by atoms with Gasteiger partial charge in [-0.2, -0.15) is 0 Å². The number of nitrogens with zero attached hydrogens (tertiary/aromatic N) is 3. The van der Waals surface area contributed by atoms with E-state index in [1.165, 1.54) is 21.9 Å². The zero-order valence-electron chi connectivity index (χ0n) is 15.7.